The van der Waals surface area contributed by atoms with E-state index in [4.69, 9.17) is 0 Å². The van der Waals surface area contributed by atoms with Crippen LogP contribution in [0.3, 0.4) is 0 Å². The molecule has 0 amide bonds. The van der Waals surface area contributed by atoms with Gasteiger partial charge < -0.3 is 0 Å². The Hall–Kier alpha value is -2.22. The number of rotatable bonds is 6. The lowest BCUT2D eigenvalue weighted by Crippen LogP contribution is -2.25. The Labute approximate surface area is 119 Å². The first-order chi connectivity index (χ1) is 9.66. The molecule has 2 aromatic carbocycles. The number of hydrogen-bond donors (Lipinski definition) is 0. The van der Waals surface area contributed by atoms with Gasteiger partial charge in [0.2, 0.25) is 0 Å². The van der Waals surface area contributed by atoms with Gasteiger partial charge in [0, 0.05) is 6.42 Å². The topological polar surface area (TPSA) is 34.1 Å². The van der Waals surface area contributed by atoms with Crippen LogP contribution in [0.2, 0.25) is 0 Å². The molecule has 1 unspecified atom stereocenters. The second-order valence-electron chi connectivity index (χ2n) is 4.98. The van der Waals surface area contributed by atoms with E-state index in [-0.39, 0.29) is 11.6 Å². The summed E-state index contributed by atoms with van der Waals surface area (Å²) in [6.07, 6.45) is 0.805. The second-order valence-corrected chi connectivity index (χ2v) is 4.98. The molecular formula is C18H18O2. The van der Waals surface area contributed by atoms with Gasteiger partial charge in [-0.25, -0.2) is 0 Å². The molecule has 2 heteroatoms. The molecule has 0 aliphatic heterocycles. The Bertz CT molecular complexity index is 573. The molecule has 1 atom stereocenters. The molecule has 0 aromatic heterocycles. The summed E-state index contributed by atoms with van der Waals surface area (Å²) < 4.78 is 0. The number of Topliss-reactive ketones (excluding diaryl/α,β-unsaturated/α-hetero) is 2. The highest BCUT2D eigenvalue weighted by Gasteiger charge is 2.23. The molecule has 0 aliphatic rings. The zero-order valence-electron chi connectivity index (χ0n) is 11.6. The van der Waals surface area contributed by atoms with Crippen molar-refractivity contribution >= 4 is 11.6 Å². The zero-order chi connectivity index (χ0) is 14.4. The average molecular weight is 266 g/mol. The van der Waals surface area contributed by atoms with E-state index in [1.165, 1.54) is 6.92 Å². The minimum Gasteiger partial charge on any atom is -0.299 e. The largest absolute Gasteiger partial charge is 0.299 e. The highest BCUT2D eigenvalue weighted by Crippen LogP contribution is 2.14. The molecule has 102 valence electrons. The molecule has 2 nitrogen and oxygen atoms in total. The number of benzene rings is 2. The van der Waals surface area contributed by atoms with Crippen molar-refractivity contribution in [3.8, 4) is 0 Å². The Morgan fingerprint density at radius 2 is 1.35 bits per heavy atom. The smallest absolute Gasteiger partial charge is 0.148 e. The van der Waals surface area contributed by atoms with Crippen molar-refractivity contribution in [3.63, 3.8) is 0 Å². The first-order valence-electron chi connectivity index (χ1n) is 6.78. The van der Waals surface area contributed by atoms with Crippen LogP contribution in [-0.2, 0) is 22.4 Å². The maximum atomic E-state index is 12.3. The van der Waals surface area contributed by atoms with Crippen molar-refractivity contribution in [1.82, 2.24) is 0 Å². The van der Waals surface area contributed by atoms with Gasteiger partial charge in [0.25, 0.3) is 0 Å². The molecule has 20 heavy (non-hydrogen) atoms. The Morgan fingerprint density at radius 1 is 0.850 bits per heavy atom. The van der Waals surface area contributed by atoms with Crippen molar-refractivity contribution in [3.05, 3.63) is 71.8 Å². The van der Waals surface area contributed by atoms with Gasteiger partial charge in [-0.15, -0.1) is 0 Å². The fourth-order valence-corrected chi connectivity index (χ4v) is 2.25. The van der Waals surface area contributed by atoms with Crippen LogP contribution in [0, 0.1) is 5.92 Å². The third-order valence-electron chi connectivity index (χ3n) is 3.38. The van der Waals surface area contributed by atoms with Crippen LogP contribution in [0.4, 0.5) is 0 Å². The summed E-state index contributed by atoms with van der Waals surface area (Å²) in [7, 11) is 0. The van der Waals surface area contributed by atoms with Gasteiger partial charge in [-0.3, -0.25) is 9.59 Å². The molecule has 0 N–H and O–H groups in total. The van der Waals surface area contributed by atoms with Crippen LogP contribution < -0.4 is 0 Å². The summed E-state index contributed by atoms with van der Waals surface area (Å²) in [5, 5.41) is 0. The van der Waals surface area contributed by atoms with E-state index >= 15 is 0 Å². The summed E-state index contributed by atoms with van der Waals surface area (Å²) in [6, 6.07) is 19.2. The van der Waals surface area contributed by atoms with Gasteiger partial charge in [0.1, 0.15) is 11.6 Å². The van der Waals surface area contributed by atoms with Crippen LogP contribution in [0.5, 0.6) is 0 Å². The standard InChI is InChI=1S/C18H18O2/c1-14(19)17(12-15-8-4-2-5-9-15)18(20)13-16-10-6-3-7-11-16/h2-11,17H,12-13H2,1H3. The average Bonchev–Trinajstić information content (AvgIpc) is 2.46. The first kappa shape index (κ1) is 14.2. The van der Waals surface area contributed by atoms with Crippen LogP contribution in [-0.4, -0.2) is 11.6 Å². The summed E-state index contributed by atoms with van der Waals surface area (Å²) in [5.41, 5.74) is 1.98. The zero-order valence-corrected chi connectivity index (χ0v) is 11.6. The quantitative estimate of drug-likeness (QED) is 0.752. The van der Waals surface area contributed by atoms with Gasteiger partial charge in [0.05, 0.1) is 5.92 Å². The third kappa shape index (κ3) is 3.89. The predicted molar refractivity (Wildman–Crippen MR) is 79.5 cm³/mol. The van der Waals surface area contributed by atoms with Crippen LogP contribution in [0.25, 0.3) is 0 Å². The van der Waals surface area contributed by atoms with Crippen LogP contribution in [0.15, 0.2) is 60.7 Å². The van der Waals surface area contributed by atoms with E-state index in [2.05, 4.69) is 0 Å². The van der Waals surface area contributed by atoms with Gasteiger partial charge in [-0.1, -0.05) is 60.7 Å². The second kappa shape index (κ2) is 6.80. The fourth-order valence-electron chi connectivity index (χ4n) is 2.25. The molecule has 0 saturated heterocycles. The fraction of sp³-hybridized carbons (Fsp3) is 0.222. The van der Waals surface area contributed by atoms with Gasteiger partial charge in [-0.05, 0) is 24.5 Å². The minimum absolute atomic E-state index is 0.00690. The number of ketones is 2. The summed E-state index contributed by atoms with van der Waals surface area (Å²) in [4.78, 5) is 24.1. The van der Waals surface area contributed by atoms with Crippen molar-refractivity contribution in [1.29, 1.82) is 0 Å². The molecule has 2 aromatic rings. The molecule has 0 spiro atoms. The lowest BCUT2D eigenvalue weighted by molar-refractivity contribution is -0.131. The van der Waals surface area contributed by atoms with E-state index in [1.807, 2.05) is 60.7 Å². The summed E-state index contributed by atoms with van der Waals surface area (Å²) in [5.74, 6) is -0.611. The lowest BCUT2D eigenvalue weighted by atomic mass is 9.89. The molecule has 0 fully saturated rings. The van der Waals surface area contributed by atoms with Gasteiger partial charge in [-0.2, -0.15) is 0 Å². The van der Waals surface area contributed by atoms with E-state index in [1.54, 1.807) is 0 Å². The highest BCUT2D eigenvalue weighted by molar-refractivity contribution is 6.02. The maximum Gasteiger partial charge on any atom is 0.148 e. The molecule has 0 aliphatic carbocycles. The van der Waals surface area contributed by atoms with Crippen molar-refractivity contribution in [2.75, 3.05) is 0 Å². The maximum absolute atomic E-state index is 12.3. The SMILES string of the molecule is CC(=O)C(Cc1ccccc1)C(=O)Cc1ccccc1. The van der Waals surface area contributed by atoms with Crippen LogP contribution >= 0.6 is 0 Å². The molecular weight excluding hydrogens is 248 g/mol. The molecule has 0 bridgehead atoms. The van der Waals surface area contributed by atoms with E-state index in [0.717, 1.165) is 11.1 Å². The highest BCUT2D eigenvalue weighted by atomic mass is 16.1. The molecule has 0 saturated carbocycles. The van der Waals surface area contributed by atoms with E-state index in [0.29, 0.717) is 12.8 Å². The van der Waals surface area contributed by atoms with E-state index < -0.39 is 5.92 Å². The third-order valence-corrected chi connectivity index (χ3v) is 3.38. The van der Waals surface area contributed by atoms with Crippen molar-refractivity contribution in [2.45, 2.75) is 19.8 Å². The van der Waals surface area contributed by atoms with E-state index in [9.17, 15) is 9.59 Å². The summed E-state index contributed by atoms with van der Waals surface area (Å²) in [6.45, 7) is 1.50. The monoisotopic (exact) mass is 266 g/mol. The Balaban J connectivity index is 2.09. The Kier molecular flexibility index (Phi) is 4.83. The number of hydrogen-bond acceptors (Lipinski definition) is 2. The predicted octanol–water partition coefficient (Wildman–Crippen LogP) is 3.25. The number of carbonyl (C=O) groups is 2. The van der Waals surface area contributed by atoms with Crippen molar-refractivity contribution in [2.24, 2.45) is 5.92 Å². The van der Waals surface area contributed by atoms with Crippen LogP contribution in [0.1, 0.15) is 18.1 Å². The molecule has 2 rings (SSSR count). The minimum atomic E-state index is -0.544. The molecule has 0 radical (unpaired) electrons. The van der Waals surface area contributed by atoms with Crippen molar-refractivity contribution < 1.29 is 9.59 Å². The normalized spacial score (nSPS) is 11.8. The lowest BCUT2D eigenvalue weighted by Gasteiger charge is -2.13. The van der Waals surface area contributed by atoms with Gasteiger partial charge >= 0.3 is 0 Å². The molecule has 0 heterocycles. The first-order valence-corrected chi connectivity index (χ1v) is 6.78. The Morgan fingerprint density at radius 3 is 1.85 bits per heavy atom. The van der Waals surface area contributed by atoms with Gasteiger partial charge in [0.15, 0.2) is 0 Å². The number of carbonyl (C=O) groups excluding carboxylic acids is 2. The summed E-state index contributed by atoms with van der Waals surface area (Å²) >= 11 is 0.